The van der Waals surface area contributed by atoms with Crippen molar-refractivity contribution in [3.8, 4) is 23.1 Å². The third-order valence-corrected chi connectivity index (χ3v) is 5.62. The highest BCUT2D eigenvalue weighted by Crippen LogP contribution is 2.34. The molecule has 9 heteroatoms. The Morgan fingerprint density at radius 1 is 1.24 bits per heavy atom. The van der Waals surface area contributed by atoms with Crippen molar-refractivity contribution in [2.24, 2.45) is 0 Å². The summed E-state index contributed by atoms with van der Waals surface area (Å²) < 4.78 is 33.9. The van der Waals surface area contributed by atoms with Gasteiger partial charge in [-0.25, -0.2) is 13.8 Å². The number of halogens is 2. The number of nitrogens with zero attached hydrogens (tertiary/aromatic N) is 4. The number of fused-ring (bicyclic) bond motifs is 1. The molecule has 1 saturated carbocycles. The lowest BCUT2D eigenvalue weighted by Crippen LogP contribution is -2.27. The zero-order valence-corrected chi connectivity index (χ0v) is 18.2. The molecule has 170 valence electrons. The van der Waals surface area contributed by atoms with E-state index in [9.17, 15) is 18.8 Å². The molecule has 34 heavy (non-hydrogen) atoms. The number of hydrogen-bond donors (Lipinski definition) is 1. The highest BCUT2D eigenvalue weighted by atomic mass is 19.1. The minimum Gasteiger partial charge on any atom is -0.474 e. The van der Waals surface area contributed by atoms with Crippen molar-refractivity contribution in [1.29, 1.82) is 5.26 Å². The molecule has 1 aliphatic rings. The minimum absolute atomic E-state index is 0.00814. The van der Waals surface area contributed by atoms with Gasteiger partial charge in [-0.05, 0) is 60.4 Å². The van der Waals surface area contributed by atoms with Gasteiger partial charge in [0.05, 0.1) is 28.7 Å². The summed E-state index contributed by atoms with van der Waals surface area (Å²) in [7, 11) is 1.62. The van der Waals surface area contributed by atoms with Crippen LogP contribution in [-0.2, 0) is 6.54 Å². The van der Waals surface area contributed by atoms with Gasteiger partial charge < -0.3 is 9.64 Å². The van der Waals surface area contributed by atoms with Gasteiger partial charge in [-0.1, -0.05) is 6.07 Å². The monoisotopic (exact) mass is 459 g/mol. The molecule has 1 fully saturated rings. The first-order chi connectivity index (χ1) is 16.4. The molecule has 4 aromatic rings. The van der Waals surface area contributed by atoms with Crippen LogP contribution < -0.4 is 4.74 Å². The summed E-state index contributed by atoms with van der Waals surface area (Å²) in [6.07, 6.45) is 3.14. The Morgan fingerprint density at radius 2 is 2.06 bits per heavy atom. The molecule has 2 aromatic heterocycles. The number of carbonyl (C=O) groups is 1. The molecule has 7 nitrogen and oxygen atoms in total. The summed E-state index contributed by atoms with van der Waals surface area (Å²) in [5, 5.41) is 16.2. The van der Waals surface area contributed by atoms with Crippen LogP contribution in [0.5, 0.6) is 5.88 Å². The van der Waals surface area contributed by atoms with E-state index in [2.05, 4.69) is 15.2 Å². The molecule has 2 heterocycles. The summed E-state index contributed by atoms with van der Waals surface area (Å²) in [6, 6.07) is 12.1. The predicted octanol–water partition coefficient (Wildman–Crippen LogP) is 4.59. The van der Waals surface area contributed by atoms with Crippen molar-refractivity contribution in [3.63, 3.8) is 0 Å². The second kappa shape index (κ2) is 8.56. The molecule has 5 rings (SSSR count). The molecule has 0 bridgehead atoms. The molecule has 0 saturated heterocycles. The quantitative estimate of drug-likeness (QED) is 0.455. The molecule has 1 aliphatic carbocycles. The zero-order valence-electron chi connectivity index (χ0n) is 18.2. The summed E-state index contributed by atoms with van der Waals surface area (Å²) in [5.41, 5.74) is 2.51. The van der Waals surface area contributed by atoms with Crippen molar-refractivity contribution < 1.29 is 18.3 Å². The number of rotatable bonds is 6. The van der Waals surface area contributed by atoms with Gasteiger partial charge in [0, 0.05) is 19.2 Å². The van der Waals surface area contributed by atoms with E-state index in [0.717, 1.165) is 18.9 Å². The van der Waals surface area contributed by atoms with Crippen LogP contribution in [-0.4, -0.2) is 39.1 Å². The highest BCUT2D eigenvalue weighted by Gasteiger charge is 2.27. The molecule has 0 spiro atoms. The molecule has 1 amide bonds. The Labute approximate surface area is 193 Å². The number of ether oxygens (including phenoxy) is 1. The maximum Gasteiger partial charge on any atom is 0.272 e. The van der Waals surface area contributed by atoms with Crippen molar-refractivity contribution >= 4 is 16.8 Å². The molecule has 0 atom stereocenters. The van der Waals surface area contributed by atoms with Gasteiger partial charge in [-0.3, -0.25) is 9.89 Å². The Balaban J connectivity index is 1.45. The van der Waals surface area contributed by atoms with E-state index in [1.807, 2.05) is 6.07 Å². The topological polar surface area (TPSA) is 94.9 Å². The summed E-state index contributed by atoms with van der Waals surface area (Å²) in [6.45, 7) is 0.204. The first-order valence-electron chi connectivity index (χ1n) is 10.7. The average Bonchev–Trinajstić information content (AvgIpc) is 3.50. The first kappa shape index (κ1) is 21.5. The molecule has 0 aliphatic heterocycles. The third-order valence-electron chi connectivity index (χ3n) is 5.62. The highest BCUT2D eigenvalue weighted by molar-refractivity contribution is 5.93. The number of pyridine rings is 1. The fourth-order valence-corrected chi connectivity index (χ4v) is 3.74. The Morgan fingerprint density at radius 3 is 2.82 bits per heavy atom. The molecular weight excluding hydrogens is 440 g/mol. The van der Waals surface area contributed by atoms with E-state index in [1.165, 1.54) is 23.2 Å². The van der Waals surface area contributed by atoms with Crippen LogP contribution in [0, 0.1) is 23.0 Å². The van der Waals surface area contributed by atoms with Gasteiger partial charge in [0.15, 0.2) is 0 Å². The summed E-state index contributed by atoms with van der Waals surface area (Å²) >= 11 is 0. The van der Waals surface area contributed by atoms with Gasteiger partial charge in [0.25, 0.3) is 5.91 Å². The number of nitrogens with one attached hydrogen (secondary N) is 1. The van der Waals surface area contributed by atoms with Crippen molar-refractivity contribution in [3.05, 3.63) is 77.1 Å². The summed E-state index contributed by atoms with van der Waals surface area (Å²) in [4.78, 5) is 19.1. The van der Waals surface area contributed by atoms with Crippen LogP contribution in [0.1, 0.15) is 34.5 Å². The van der Waals surface area contributed by atoms with E-state index in [4.69, 9.17) is 4.74 Å². The number of amides is 1. The van der Waals surface area contributed by atoms with Crippen LogP contribution in [0.3, 0.4) is 0 Å². The van der Waals surface area contributed by atoms with Crippen molar-refractivity contribution in [1.82, 2.24) is 20.1 Å². The number of hydrogen-bond acceptors (Lipinski definition) is 5. The van der Waals surface area contributed by atoms with Crippen LogP contribution >= 0.6 is 0 Å². The minimum atomic E-state index is -0.546. The van der Waals surface area contributed by atoms with E-state index in [1.54, 1.807) is 31.3 Å². The second-order valence-electron chi connectivity index (χ2n) is 8.23. The van der Waals surface area contributed by atoms with E-state index < -0.39 is 11.6 Å². The molecule has 0 unspecified atom stereocenters. The number of nitriles is 1. The largest absolute Gasteiger partial charge is 0.474 e. The van der Waals surface area contributed by atoms with Crippen LogP contribution in [0.15, 0.2) is 48.7 Å². The first-order valence-corrected chi connectivity index (χ1v) is 10.7. The summed E-state index contributed by atoms with van der Waals surface area (Å²) in [5.74, 6) is -1.08. The van der Waals surface area contributed by atoms with E-state index in [-0.39, 0.29) is 35.7 Å². The van der Waals surface area contributed by atoms with Crippen LogP contribution in [0.25, 0.3) is 22.0 Å². The van der Waals surface area contributed by atoms with Crippen LogP contribution in [0.4, 0.5) is 8.78 Å². The van der Waals surface area contributed by atoms with E-state index in [0.29, 0.717) is 27.6 Å². The Hall–Kier alpha value is -4.32. The fourth-order valence-electron chi connectivity index (χ4n) is 3.74. The van der Waals surface area contributed by atoms with Crippen molar-refractivity contribution in [2.75, 3.05) is 7.05 Å². The van der Waals surface area contributed by atoms with Gasteiger partial charge in [0.2, 0.25) is 5.88 Å². The SMILES string of the molecule is CN(Cc1ccc(F)c2cn[nH]c12)C(=O)c1ccc(-c2cc(F)cc(C#N)c2)c(OC2CC2)n1. The van der Waals surface area contributed by atoms with Crippen molar-refractivity contribution in [2.45, 2.75) is 25.5 Å². The maximum absolute atomic E-state index is 14.0. The number of aromatic nitrogens is 3. The lowest BCUT2D eigenvalue weighted by Gasteiger charge is -2.18. The van der Waals surface area contributed by atoms with E-state index >= 15 is 0 Å². The van der Waals surface area contributed by atoms with Gasteiger partial charge >= 0.3 is 0 Å². The van der Waals surface area contributed by atoms with Gasteiger partial charge in [-0.2, -0.15) is 10.4 Å². The van der Waals surface area contributed by atoms with Crippen LogP contribution in [0.2, 0.25) is 0 Å². The standard InChI is InChI=1S/C25H19F2N5O2/c1-32(13-15-2-6-21(27)20-12-29-31-23(15)20)25(33)22-7-5-19(24(30-22)34-18-3-4-18)16-8-14(11-28)9-17(26)10-16/h2,5-10,12,18H,3-4,13H2,1H3,(H,29,31). The lowest BCUT2D eigenvalue weighted by molar-refractivity contribution is 0.0778. The zero-order chi connectivity index (χ0) is 23.8. The maximum atomic E-state index is 14.0. The average molecular weight is 459 g/mol. The second-order valence-corrected chi connectivity index (χ2v) is 8.23. The fraction of sp³-hybridized carbons (Fsp3) is 0.200. The number of benzene rings is 2. The number of H-pyrrole nitrogens is 1. The molecule has 0 radical (unpaired) electrons. The smallest absolute Gasteiger partial charge is 0.272 e. The van der Waals surface area contributed by atoms with Gasteiger partial charge in [-0.15, -0.1) is 0 Å². The number of aromatic amines is 1. The molecule has 1 N–H and O–H groups in total. The molecule has 2 aromatic carbocycles. The van der Waals surface area contributed by atoms with Gasteiger partial charge in [0.1, 0.15) is 23.4 Å². The molecular formula is C25H19F2N5O2. The Bertz CT molecular complexity index is 1460. The number of carbonyl (C=O) groups excluding carboxylic acids is 1. The lowest BCUT2D eigenvalue weighted by atomic mass is 10.0. The Kier molecular flexibility index (Phi) is 5.42. The predicted molar refractivity (Wildman–Crippen MR) is 120 cm³/mol. The normalized spacial score (nSPS) is 13.0. The third kappa shape index (κ3) is 4.18.